The van der Waals surface area contributed by atoms with Crippen LogP contribution in [0.2, 0.25) is 0 Å². The van der Waals surface area contributed by atoms with Gasteiger partial charge < -0.3 is 14.9 Å². The number of benzene rings is 1. The number of aromatic nitrogens is 1. The molecule has 0 saturated heterocycles. The largest absolute Gasteiger partial charge is 0.469 e. The highest BCUT2D eigenvalue weighted by molar-refractivity contribution is 5.82. The molecule has 2 atom stereocenters. The van der Waals surface area contributed by atoms with E-state index in [9.17, 15) is 15.0 Å². The molecule has 106 valence electrons. The van der Waals surface area contributed by atoms with Gasteiger partial charge in [-0.3, -0.25) is 9.78 Å². The molecule has 0 radical (unpaired) electrons. The van der Waals surface area contributed by atoms with Crippen LogP contribution in [-0.4, -0.2) is 34.4 Å². The fraction of sp³-hybridized carbons (Fsp3) is 0.333. The van der Waals surface area contributed by atoms with Gasteiger partial charge in [-0.1, -0.05) is 18.2 Å². The molecule has 2 N–H and O–H groups in total. The molecule has 1 aromatic carbocycles. The van der Waals surface area contributed by atoms with Crippen LogP contribution in [0, 0.1) is 6.92 Å². The van der Waals surface area contributed by atoms with Crippen LogP contribution in [0.5, 0.6) is 0 Å². The number of ether oxygens (including phenoxy) is 1. The summed E-state index contributed by atoms with van der Waals surface area (Å²) in [5.41, 5.74) is 2.13. The van der Waals surface area contributed by atoms with E-state index in [0.29, 0.717) is 5.56 Å². The highest BCUT2D eigenvalue weighted by Crippen LogP contribution is 2.27. The molecule has 1 heterocycles. The van der Waals surface area contributed by atoms with Gasteiger partial charge in [0.1, 0.15) is 6.10 Å². The number of hydrogen-bond donors (Lipinski definition) is 2. The molecule has 5 nitrogen and oxygen atoms in total. The maximum atomic E-state index is 11.1. The number of methoxy groups -OCH3 is 1. The lowest BCUT2D eigenvalue weighted by atomic mass is 9.95. The maximum Gasteiger partial charge on any atom is 0.308 e. The van der Waals surface area contributed by atoms with Crippen molar-refractivity contribution in [1.82, 2.24) is 4.98 Å². The Morgan fingerprint density at radius 3 is 2.80 bits per heavy atom. The van der Waals surface area contributed by atoms with E-state index in [4.69, 9.17) is 0 Å². The fourth-order valence-electron chi connectivity index (χ4n) is 2.20. The summed E-state index contributed by atoms with van der Waals surface area (Å²) in [5.74, 6) is -0.562. The van der Waals surface area contributed by atoms with Crippen molar-refractivity contribution in [3.63, 3.8) is 0 Å². The summed E-state index contributed by atoms with van der Waals surface area (Å²) in [4.78, 5) is 15.4. The Labute approximate surface area is 116 Å². The Morgan fingerprint density at radius 1 is 1.35 bits per heavy atom. The van der Waals surface area contributed by atoms with Crippen LogP contribution in [0.15, 0.2) is 30.5 Å². The van der Waals surface area contributed by atoms with E-state index in [1.54, 1.807) is 12.3 Å². The first-order valence-corrected chi connectivity index (χ1v) is 6.31. The van der Waals surface area contributed by atoms with Gasteiger partial charge in [-0.05, 0) is 24.1 Å². The Kier molecular flexibility index (Phi) is 4.32. The van der Waals surface area contributed by atoms with E-state index in [2.05, 4.69) is 9.72 Å². The molecule has 0 bridgehead atoms. The summed E-state index contributed by atoms with van der Waals surface area (Å²) in [6.07, 6.45) is -0.934. The SMILES string of the molecule is COC(=O)CC(O)C(O)c1ccc2cccnc2c1C. The van der Waals surface area contributed by atoms with E-state index in [0.717, 1.165) is 16.5 Å². The first kappa shape index (κ1) is 14.4. The first-order valence-electron chi connectivity index (χ1n) is 6.31. The van der Waals surface area contributed by atoms with E-state index >= 15 is 0 Å². The van der Waals surface area contributed by atoms with E-state index in [1.165, 1.54) is 7.11 Å². The number of pyridine rings is 1. The number of aliphatic hydroxyl groups is 2. The lowest BCUT2D eigenvalue weighted by molar-refractivity contribution is -0.144. The van der Waals surface area contributed by atoms with Crippen molar-refractivity contribution in [2.45, 2.75) is 25.6 Å². The number of esters is 1. The van der Waals surface area contributed by atoms with E-state index in [-0.39, 0.29) is 6.42 Å². The molecule has 0 spiro atoms. The molecule has 5 heteroatoms. The fourth-order valence-corrected chi connectivity index (χ4v) is 2.20. The van der Waals surface area contributed by atoms with Crippen LogP contribution >= 0.6 is 0 Å². The number of carbonyl (C=O) groups is 1. The third-order valence-corrected chi connectivity index (χ3v) is 3.36. The Hall–Kier alpha value is -1.98. The van der Waals surface area contributed by atoms with Crippen molar-refractivity contribution in [2.75, 3.05) is 7.11 Å². The van der Waals surface area contributed by atoms with Crippen LogP contribution in [0.25, 0.3) is 10.9 Å². The third kappa shape index (κ3) is 2.79. The standard InChI is InChI=1S/C15H17NO4/c1-9-11(15(19)12(17)8-13(18)20-2)6-5-10-4-3-7-16-14(9)10/h3-7,12,15,17,19H,8H2,1-2H3. The number of hydrogen-bond acceptors (Lipinski definition) is 5. The second kappa shape index (κ2) is 5.98. The minimum absolute atomic E-state index is 0.253. The van der Waals surface area contributed by atoms with Crippen molar-refractivity contribution in [3.8, 4) is 0 Å². The zero-order valence-corrected chi connectivity index (χ0v) is 11.4. The van der Waals surface area contributed by atoms with Gasteiger partial charge in [0.2, 0.25) is 0 Å². The van der Waals surface area contributed by atoms with Crippen LogP contribution < -0.4 is 0 Å². The third-order valence-electron chi connectivity index (χ3n) is 3.36. The van der Waals surface area contributed by atoms with Crippen LogP contribution in [0.3, 0.4) is 0 Å². The zero-order chi connectivity index (χ0) is 14.7. The summed E-state index contributed by atoms with van der Waals surface area (Å²) in [7, 11) is 1.24. The van der Waals surface area contributed by atoms with Crippen molar-refractivity contribution in [2.24, 2.45) is 0 Å². The van der Waals surface area contributed by atoms with Gasteiger partial charge in [0.15, 0.2) is 0 Å². The topological polar surface area (TPSA) is 79.7 Å². The molecule has 2 aromatic rings. The minimum atomic E-state index is -1.21. The first-order chi connectivity index (χ1) is 9.54. The molecule has 0 fully saturated rings. The second-order valence-corrected chi connectivity index (χ2v) is 4.65. The smallest absolute Gasteiger partial charge is 0.308 e. The van der Waals surface area contributed by atoms with E-state index in [1.807, 2.05) is 25.1 Å². The molecular formula is C15H17NO4. The number of aliphatic hydroxyl groups excluding tert-OH is 2. The molecule has 1 aromatic heterocycles. The van der Waals surface area contributed by atoms with Crippen molar-refractivity contribution >= 4 is 16.9 Å². The average Bonchev–Trinajstić information content (AvgIpc) is 2.47. The number of aryl methyl sites for hydroxylation is 1. The molecule has 0 aliphatic rings. The summed E-state index contributed by atoms with van der Waals surface area (Å²) in [6.45, 7) is 1.83. The summed E-state index contributed by atoms with van der Waals surface area (Å²) >= 11 is 0. The molecule has 0 saturated carbocycles. The Balaban J connectivity index is 2.32. The zero-order valence-electron chi connectivity index (χ0n) is 11.4. The molecule has 0 aliphatic heterocycles. The normalized spacial score (nSPS) is 14.0. The lowest BCUT2D eigenvalue weighted by Crippen LogP contribution is -2.23. The van der Waals surface area contributed by atoms with Crippen LogP contribution in [0.1, 0.15) is 23.7 Å². The molecule has 20 heavy (non-hydrogen) atoms. The highest BCUT2D eigenvalue weighted by Gasteiger charge is 2.23. The molecule has 0 amide bonds. The number of rotatable bonds is 4. The van der Waals surface area contributed by atoms with Gasteiger partial charge in [0.05, 0.1) is 25.2 Å². The summed E-state index contributed by atoms with van der Waals surface area (Å²) in [6, 6.07) is 7.34. The van der Waals surface area contributed by atoms with Gasteiger partial charge in [0, 0.05) is 11.6 Å². The van der Waals surface area contributed by atoms with Crippen LogP contribution in [0.4, 0.5) is 0 Å². The number of carbonyl (C=O) groups excluding carboxylic acids is 1. The Morgan fingerprint density at radius 2 is 2.10 bits per heavy atom. The number of nitrogens with zero attached hydrogens (tertiary/aromatic N) is 1. The molecular weight excluding hydrogens is 258 g/mol. The maximum absolute atomic E-state index is 11.1. The Bertz CT molecular complexity index is 626. The highest BCUT2D eigenvalue weighted by atomic mass is 16.5. The minimum Gasteiger partial charge on any atom is -0.469 e. The van der Waals surface area contributed by atoms with Gasteiger partial charge in [-0.15, -0.1) is 0 Å². The molecule has 2 rings (SSSR count). The van der Waals surface area contributed by atoms with Crippen molar-refractivity contribution < 1.29 is 19.7 Å². The lowest BCUT2D eigenvalue weighted by Gasteiger charge is -2.19. The average molecular weight is 275 g/mol. The summed E-state index contributed by atoms with van der Waals surface area (Å²) in [5, 5.41) is 21.0. The predicted molar refractivity (Wildman–Crippen MR) is 74.1 cm³/mol. The van der Waals surface area contributed by atoms with Gasteiger partial charge in [-0.2, -0.15) is 0 Å². The van der Waals surface area contributed by atoms with Gasteiger partial charge in [0.25, 0.3) is 0 Å². The predicted octanol–water partition coefficient (Wildman–Crippen LogP) is 1.50. The monoisotopic (exact) mass is 275 g/mol. The second-order valence-electron chi connectivity index (χ2n) is 4.65. The van der Waals surface area contributed by atoms with Crippen molar-refractivity contribution in [3.05, 3.63) is 41.6 Å². The van der Waals surface area contributed by atoms with Gasteiger partial charge in [-0.25, -0.2) is 0 Å². The van der Waals surface area contributed by atoms with Gasteiger partial charge >= 0.3 is 5.97 Å². The van der Waals surface area contributed by atoms with Crippen molar-refractivity contribution in [1.29, 1.82) is 0 Å². The quantitative estimate of drug-likeness (QED) is 0.827. The number of fused-ring (bicyclic) bond motifs is 1. The molecule has 0 aliphatic carbocycles. The van der Waals surface area contributed by atoms with E-state index < -0.39 is 18.2 Å². The van der Waals surface area contributed by atoms with Crippen LogP contribution in [-0.2, 0) is 9.53 Å². The molecule has 2 unspecified atom stereocenters. The summed E-state index contributed by atoms with van der Waals surface area (Å²) < 4.78 is 4.48.